The molecule has 2 aliphatic heterocycles. The average Bonchev–Trinajstić information content (AvgIpc) is 3.08. The molecule has 0 radical (unpaired) electrons. The van der Waals surface area contributed by atoms with E-state index in [9.17, 15) is 4.79 Å². The number of amides is 1. The summed E-state index contributed by atoms with van der Waals surface area (Å²) in [4.78, 5) is 26.8. The molecule has 0 aromatic carbocycles. The summed E-state index contributed by atoms with van der Waals surface area (Å²) in [6.45, 7) is 5.16. The predicted molar refractivity (Wildman–Crippen MR) is 98.0 cm³/mol. The minimum absolute atomic E-state index is 0.0789. The summed E-state index contributed by atoms with van der Waals surface area (Å²) in [7, 11) is 0. The molecule has 0 N–H and O–H groups in total. The molecule has 1 atom stereocenters. The smallest absolute Gasteiger partial charge is 0.274 e. The van der Waals surface area contributed by atoms with Crippen LogP contribution in [0, 0.1) is 12.8 Å². The van der Waals surface area contributed by atoms with Crippen molar-refractivity contribution in [2.75, 3.05) is 26.3 Å². The average molecular weight is 368 g/mol. The van der Waals surface area contributed by atoms with Crippen LogP contribution in [0.2, 0.25) is 0 Å². The molecular weight excluding hydrogens is 344 g/mol. The standard InChI is InChI=1S/C20H24N4O3/c1-15-3-2-4-17(23-15)12-26-9-5-16-6-10-27-20(16)13-24(14-20)19(25)18-11-21-7-8-22-18/h2-4,7-8,11,16H,5-6,9-10,12-14H2,1H3. The zero-order valence-electron chi connectivity index (χ0n) is 15.5. The highest BCUT2D eigenvalue weighted by atomic mass is 16.5. The number of pyridine rings is 1. The summed E-state index contributed by atoms with van der Waals surface area (Å²) in [6, 6.07) is 5.96. The van der Waals surface area contributed by atoms with Crippen molar-refractivity contribution >= 4 is 5.91 Å². The molecule has 1 unspecified atom stereocenters. The van der Waals surface area contributed by atoms with Crippen molar-refractivity contribution < 1.29 is 14.3 Å². The van der Waals surface area contributed by atoms with Gasteiger partial charge >= 0.3 is 0 Å². The molecule has 142 valence electrons. The maximum atomic E-state index is 12.5. The monoisotopic (exact) mass is 368 g/mol. The van der Waals surface area contributed by atoms with Crippen molar-refractivity contribution in [3.63, 3.8) is 0 Å². The summed E-state index contributed by atoms with van der Waals surface area (Å²) in [5, 5.41) is 0. The third-order valence-corrected chi connectivity index (χ3v) is 5.39. The first-order valence-corrected chi connectivity index (χ1v) is 9.36. The summed E-state index contributed by atoms with van der Waals surface area (Å²) in [5.41, 5.74) is 2.12. The number of carbonyl (C=O) groups excluding carboxylic acids is 1. The Labute approximate surface area is 158 Å². The van der Waals surface area contributed by atoms with E-state index < -0.39 is 0 Å². The normalized spacial score (nSPS) is 20.6. The highest BCUT2D eigenvalue weighted by Gasteiger charge is 2.54. The van der Waals surface area contributed by atoms with E-state index in [0.29, 0.717) is 37.9 Å². The van der Waals surface area contributed by atoms with E-state index in [1.807, 2.05) is 25.1 Å². The first-order chi connectivity index (χ1) is 13.2. The minimum atomic E-state index is -0.219. The van der Waals surface area contributed by atoms with Crippen LogP contribution >= 0.6 is 0 Å². The van der Waals surface area contributed by atoms with Crippen LogP contribution in [-0.4, -0.2) is 57.7 Å². The van der Waals surface area contributed by atoms with Gasteiger partial charge in [0.1, 0.15) is 11.3 Å². The second-order valence-corrected chi connectivity index (χ2v) is 7.26. The molecule has 2 aliphatic rings. The van der Waals surface area contributed by atoms with Gasteiger partial charge in [0.05, 0.1) is 31.6 Å². The summed E-state index contributed by atoms with van der Waals surface area (Å²) in [6.07, 6.45) is 6.56. The van der Waals surface area contributed by atoms with Crippen LogP contribution in [0.4, 0.5) is 0 Å². The van der Waals surface area contributed by atoms with E-state index in [2.05, 4.69) is 15.0 Å². The summed E-state index contributed by atoms with van der Waals surface area (Å²) in [5.74, 6) is 0.332. The Kier molecular flexibility index (Phi) is 5.13. The fourth-order valence-corrected chi connectivity index (χ4v) is 3.94. The summed E-state index contributed by atoms with van der Waals surface area (Å²) < 4.78 is 11.9. The molecule has 27 heavy (non-hydrogen) atoms. The van der Waals surface area contributed by atoms with Gasteiger partial charge in [0.25, 0.3) is 5.91 Å². The zero-order valence-corrected chi connectivity index (χ0v) is 15.5. The van der Waals surface area contributed by atoms with Gasteiger partial charge in [0.2, 0.25) is 0 Å². The Bertz CT molecular complexity index is 793. The Hall–Kier alpha value is -2.38. The van der Waals surface area contributed by atoms with Crippen LogP contribution in [0.1, 0.15) is 34.7 Å². The molecule has 1 amide bonds. The van der Waals surface area contributed by atoms with Gasteiger partial charge in [-0.25, -0.2) is 4.98 Å². The number of aryl methyl sites for hydroxylation is 1. The van der Waals surface area contributed by atoms with E-state index in [4.69, 9.17) is 9.47 Å². The van der Waals surface area contributed by atoms with E-state index in [1.165, 1.54) is 12.4 Å². The second-order valence-electron chi connectivity index (χ2n) is 7.26. The SMILES string of the molecule is Cc1cccc(COCCC2CCOC23CN(C(=O)c2cnccn2)C3)n1. The van der Waals surface area contributed by atoms with Gasteiger partial charge in [-0.15, -0.1) is 0 Å². The quantitative estimate of drug-likeness (QED) is 0.726. The van der Waals surface area contributed by atoms with E-state index in [0.717, 1.165) is 30.8 Å². The fraction of sp³-hybridized carbons (Fsp3) is 0.500. The number of hydrogen-bond donors (Lipinski definition) is 0. The third kappa shape index (κ3) is 3.84. The molecule has 4 rings (SSSR count). The Morgan fingerprint density at radius 1 is 1.37 bits per heavy atom. The van der Waals surface area contributed by atoms with Crippen molar-refractivity contribution in [1.82, 2.24) is 19.9 Å². The highest BCUT2D eigenvalue weighted by Crippen LogP contribution is 2.42. The summed E-state index contributed by atoms with van der Waals surface area (Å²) >= 11 is 0. The Balaban J connectivity index is 1.26. The maximum Gasteiger partial charge on any atom is 0.274 e. The molecule has 0 saturated carbocycles. The number of aromatic nitrogens is 3. The number of nitrogens with zero attached hydrogens (tertiary/aromatic N) is 4. The molecule has 4 heterocycles. The first-order valence-electron chi connectivity index (χ1n) is 9.36. The molecule has 2 fully saturated rings. The largest absolute Gasteiger partial charge is 0.375 e. The van der Waals surface area contributed by atoms with Crippen molar-refractivity contribution in [3.8, 4) is 0 Å². The highest BCUT2D eigenvalue weighted by molar-refractivity contribution is 5.92. The van der Waals surface area contributed by atoms with Crippen LogP contribution in [0.3, 0.4) is 0 Å². The second kappa shape index (κ2) is 7.70. The molecule has 0 bridgehead atoms. The molecule has 7 nitrogen and oxygen atoms in total. The van der Waals surface area contributed by atoms with Crippen LogP contribution in [-0.2, 0) is 16.1 Å². The fourth-order valence-electron chi connectivity index (χ4n) is 3.94. The number of rotatable bonds is 6. The number of likely N-dealkylation sites (tertiary alicyclic amines) is 1. The molecule has 2 saturated heterocycles. The van der Waals surface area contributed by atoms with Crippen molar-refractivity contribution in [2.45, 2.75) is 32.0 Å². The molecule has 7 heteroatoms. The lowest BCUT2D eigenvalue weighted by atomic mass is 9.79. The topological polar surface area (TPSA) is 77.4 Å². The number of hydrogen-bond acceptors (Lipinski definition) is 6. The number of ether oxygens (including phenoxy) is 2. The molecule has 1 spiro atoms. The van der Waals surface area contributed by atoms with Crippen LogP contribution in [0.15, 0.2) is 36.8 Å². The van der Waals surface area contributed by atoms with Gasteiger partial charge in [-0.2, -0.15) is 0 Å². The van der Waals surface area contributed by atoms with Crippen LogP contribution in [0.5, 0.6) is 0 Å². The maximum absolute atomic E-state index is 12.5. The molecule has 2 aromatic heterocycles. The lowest BCUT2D eigenvalue weighted by Crippen LogP contribution is -2.66. The van der Waals surface area contributed by atoms with Crippen molar-refractivity contribution in [3.05, 3.63) is 53.9 Å². The molecular formula is C20H24N4O3. The third-order valence-electron chi connectivity index (χ3n) is 5.39. The van der Waals surface area contributed by atoms with Gasteiger partial charge in [0, 0.05) is 31.3 Å². The minimum Gasteiger partial charge on any atom is -0.375 e. The van der Waals surface area contributed by atoms with E-state index >= 15 is 0 Å². The van der Waals surface area contributed by atoms with Gasteiger partial charge in [-0.05, 0) is 37.8 Å². The lowest BCUT2D eigenvalue weighted by molar-refractivity contribution is -0.120. The van der Waals surface area contributed by atoms with E-state index in [1.54, 1.807) is 11.1 Å². The van der Waals surface area contributed by atoms with Crippen molar-refractivity contribution in [2.24, 2.45) is 5.92 Å². The van der Waals surface area contributed by atoms with Gasteiger partial charge in [-0.3, -0.25) is 14.8 Å². The molecule has 0 aliphatic carbocycles. The van der Waals surface area contributed by atoms with Crippen molar-refractivity contribution in [1.29, 1.82) is 0 Å². The first kappa shape index (κ1) is 18.0. The van der Waals surface area contributed by atoms with Gasteiger partial charge < -0.3 is 14.4 Å². The van der Waals surface area contributed by atoms with E-state index in [-0.39, 0.29) is 11.5 Å². The molecule has 2 aromatic rings. The lowest BCUT2D eigenvalue weighted by Gasteiger charge is -2.50. The van der Waals surface area contributed by atoms with Gasteiger partial charge in [-0.1, -0.05) is 6.07 Å². The van der Waals surface area contributed by atoms with Crippen LogP contribution in [0.25, 0.3) is 0 Å². The Morgan fingerprint density at radius 2 is 2.26 bits per heavy atom. The Morgan fingerprint density at radius 3 is 3.04 bits per heavy atom. The predicted octanol–water partition coefficient (Wildman–Crippen LogP) is 2.02. The zero-order chi connectivity index (χ0) is 18.7. The van der Waals surface area contributed by atoms with Gasteiger partial charge in [0.15, 0.2) is 0 Å². The number of carbonyl (C=O) groups is 1. The van der Waals surface area contributed by atoms with Crippen LogP contribution < -0.4 is 0 Å².